The molecule has 1 amide bonds. The number of hydrogen-bond acceptors (Lipinski definition) is 9. The molecule has 4 aromatic heterocycles. The van der Waals surface area contributed by atoms with Crippen molar-refractivity contribution >= 4 is 29.0 Å². The molecule has 5 heterocycles. The van der Waals surface area contributed by atoms with Crippen LogP contribution in [0.15, 0.2) is 34.2 Å². The zero-order valence-corrected chi connectivity index (χ0v) is 20.8. The number of rotatable bonds is 7. The van der Waals surface area contributed by atoms with Gasteiger partial charge >= 0.3 is 5.69 Å². The molecule has 13 heteroatoms. The van der Waals surface area contributed by atoms with Gasteiger partial charge in [-0.15, -0.1) is 11.3 Å². The molecule has 0 bridgehead atoms. The van der Waals surface area contributed by atoms with Gasteiger partial charge in [-0.05, 0) is 31.1 Å². The molecule has 2 fully saturated rings. The third kappa shape index (κ3) is 5.19. The minimum absolute atomic E-state index is 0.112. The first-order valence-corrected chi connectivity index (χ1v) is 13.0. The highest BCUT2D eigenvalue weighted by Gasteiger charge is 2.21. The molecule has 1 aliphatic carbocycles. The number of aromatic nitrogens is 5. The number of H-pyrrole nitrogens is 2. The lowest BCUT2D eigenvalue weighted by atomic mass is 10.3. The second kappa shape index (κ2) is 9.92. The van der Waals surface area contributed by atoms with E-state index in [-0.39, 0.29) is 23.5 Å². The second-order valence-corrected chi connectivity index (χ2v) is 10.1. The number of morpholine rings is 1. The quantitative estimate of drug-likeness (QED) is 0.263. The Hall–Kier alpha value is -3.81. The minimum Gasteiger partial charge on any atom is -0.493 e. The zero-order chi connectivity index (χ0) is 25.4. The number of hydrogen-bond donors (Lipinski definition) is 4. The number of aromatic amines is 2. The molecule has 4 N–H and O–H groups in total. The van der Waals surface area contributed by atoms with Crippen LogP contribution >= 0.6 is 11.3 Å². The molecule has 6 rings (SSSR count). The third-order valence-corrected chi connectivity index (χ3v) is 7.38. The molecule has 0 radical (unpaired) electrons. The van der Waals surface area contributed by atoms with Gasteiger partial charge in [0, 0.05) is 37.5 Å². The predicted molar refractivity (Wildman–Crippen MR) is 136 cm³/mol. The van der Waals surface area contributed by atoms with Crippen molar-refractivity contribution in [1.29, 1.82) is 0 Å². The zero-order valence-electron chi connectivity index (χ0n) is 19.9. The molecule has 4 aromatic rings. The van der Waals surface area contributed by atoms with Crippen molar-refractivity contribution < 1.29 is 14.6 Å². The first-order chi connectivity index (χ1) is 18.0. The number of ether oxygens (including phenoxy) is 1. The Kier molecular flexibility index (Phi) is 6.32. The van der Waals surface area contributed by atoms with E-state index in [1.165, 1.54) is 11.3 Å². The van der Waals surface area contributed by atoms with Gasteiger partial charge in [0.05, 0.1) is 40.9 Å². The summed E-state index contributed by atoms with van der Waals surface area (Å²) in [6, 6.07) is 5.83. The van der Waals surface area contributed by atoms with Gasteiger partial charge in [-0.2, -0.15) is 9.61 Å². The summed E-state index contributed by atoms with van der Waals surface area (Å²) in [6.45, 7) is 4.60. The number of thiophene rings is 1. The smallest absolute Gasteiger partial charge is 0.326 e. The van der Waals surface area contributed by atoms with Crippen LogP contribution in [0.3, 0.4) is 0 Å². The fraction of sp³-hybridized carbons (Fsp3) is 0.375. The van der Waals surface area contributed by atoms with Crippen LogP contribution in [0.5, 0.6) is 5.88 Å². The Labute approximate surface area is 214 Å². The fourth-order valence-corrected chi connectivity index (χ4v) is 5.04. The number of imidazole rings is 1. The van der Waals surface area contributed by atoms with E-state index in [0.29, 0.717) is 33.5 Å². The maximum atomic E-state index is 12.8. The van der Waals surface area contributed by atoms with E-state index in [1.807, 2.05) is 12.1 Å². The number of fused-ring (bicyclic) bond motifs is 1. The molecule has 1 aliphatic heterocycles. The van der Waals surface area contributed by atoms with Gasteiger partial charge in [-0.25, -0.2) is 9.78 Å². The van der Waals surface area contributed by atoms with Gasteiger partial charge in [0.15, 0.2) is 11.1 Å². The monoisotopic (exact) mass is 522 g/mol. The highest BCUT2D eigenvalue weighted by atomic mass is 32.1. The average molecular weight is 523 g/mol. The van der Waals surface area contributed by atoms with Crippen LogP contribution in [-0.4, -0.2) is 85.9 Å². The summed E-state index contributed by atoms with van der Waals surface area (Å²) in [5.41, 5.74) is 1.60. The molecule has 0 atom stereocenters. The summed E-state index contributed by atoms with van der Waals surface area (Å²) in [6.07, 6.45) is 5.29. The van der Waals surface area contributed by atoms with Crippen LogP contribution in [0.4, 0.5) is 0 Å². The molecule has 1 saturated heterocycles. The van der Waals surface area contributed by atoms with E-state index in [0.717, 1.165) is 50.6 Å². The summed E-state index contributed by atoms with van der Waals surface area (Å²) in [5.74, 6) is -0.371. The van der Waals surface area contributed by atoms with Crippen molar-refractivity contribution in [3.05, 3.63) is 56.2 Å². The molecule has 0 unspecified atom stereocenters. The molecule has 0 spiro atoms. The van der Waals surface area contributed by atoms with Crippen LogP contribution in [0.1, 0.15) is 28.2 Å². The molecule has 37 heavy (non-hydrogen) atoms. The van der Waals surface area contributed by atoms with Crippen molar-refractivity contribution in [3.63, 3.8) is 0 Å². The normalized spacial score (nSPS) is 17.6. The molecular weight excluding hydrogens is 496 g/mol. The van der Waals surface area contributed by atoms with E-state index < -0.39 is 5.69 Å². The SMILES string of the molecule is O=C(NCCN1CCOCC1)c1ccc(-c2cc(=NC3CC3)n3nc/c(=C\c4[nH]c(=O)[nH]c4O)c3n2)s1. The summed E-state index contributed by atoms with van der Waals surface area (Å²) < 4.78 is 7.02. The number of nitrogens with one attached hydrogen (secondary N) is 3. The lowest BCUT2D eigenvalue weighted by Crippen LogP contribution is -2.41. The lowest BCUT2D eigenvalue weighted by molar-refractivity contribution is 0.0383. The number of carbonyl (C=O) groups excluding carboxylic acids is 1. The summed E-state index contributed by atoms with van der Waals surface area (Å²) >= 11 is 1.37. The van der Waals surface area contributed by atoms with E-state index in [9.17, 15) is 14.7 Å². The van der Waals surface area contributed by atoms with Gasteiger partial charge in [0.25, 0.3) is 5.91 Å². The van der Waals surface area contributed by atoms with Crippen LogP contribution in [-0.2, 0) is 4.74 Å². The van der Waals surface area contributed by atoms with E-state index in [2.05, 4.69) is 25.3 Å². The van der Waals surface area contributed by atoms with Crippen molar-refractivity contribution in [1.82, 2.24) is 34.8 Å². The average Bonchev–Trinajstić information content (AvgIpc) is 3.26. The number of carbonyl (C=O) groups is 1. The molecule has 1 saturated carbocycles. The fourth-order valence-electron chi connectivity index (χ4n) is 4.16. The summed E-state index contributed by atoms with van der Waals surface area (Å²) in [7, 11) is 0. The maximum absolute atomic E-state index is 12.8. The van der Waals surface area contributed by atoms with Gasteiger partial charge in [-0.3, -0.25) is 19.7 Å². The Bertz CT molecular complexity index is 1620. The first-order valence-electron chi connectivity index (χ1n) is 12.2. The molecular formula is C24H26N8O4S. The highest BCUT2D eigenvalue weighted by molar-refractivity contribution is 7.17. The maximum Gasteiger partial charge on any atom is 0.326 e. The molecule has 192 valence electrons. The largest absolute Gasteiger partial charge is 0.493 e. The highest BCUT2D eigenvalue weighted by Crippen LogP contribution is 2.27. The van der Waals surface area contributed by atoms with Crippen LogP contribution in [0, 0.1) is 0 Å². The van der Waals surface area contributed by atoms with Gasteiger partial charge in [0.2, 0.25) is 5.88 Å². The Morgan fingerprint density at radius 3 is 2.89 bits per heavy atom. The van der Waals surface area contributed by atoms with Crippen LogP contribution in [0.25, 0.3) is 22.3 Å². The lowest BCUT2D eigenvalue weighted by Gasteiger charge is -2.26. The Morgan fingerprint density at radius 2 is 2.14 bits per heavy atom. The molecule has 0 aromatic carbocycles. The van der Waals surface area contributed by atoms with Gasteiger partial charge in [0.1, 0.15) is 5.69 Å². The van der Waals surface area contributed by atoms with Crippen LogP contribution < -0.4 is 21.7 Å². The Morgan fingerprint density at radius 1 is 1.30 bits per heavy atom. The molecule has 12 nitrogen and oxygen atoms in total. The third-order valence-electron chi connectivity index (χ3n) is 6.28. The van der Waals surface area contributed by atoms with Crippen molar-refractivity contribution in [3.8, 4) is 16.5 Å². The summed E-state index contributed by atoms with van der Waals surface area (Å²) in [5, 5.41) is 18.0. The second-order valence-electron chi connectivity index (χ2n) is 9.05. The van der Waals surface area contributed by atoms with E-state index in [4.69, 9.17) is 14.7 Å². The number of amides is 1. The number of aromatic hydroxyl groups is 1. The van der Waals surface area contributed by atoms with Crippen molar-refractivity contribution in [2.45, 2.75) is 18.9 Å². The summed E-state index contributed by atoms with van der Waals surface area (Å²) in [4.78, 5) is 42.5. The van der Waals surface area contributed by atoms with Crippen LogP contribution in [0.2, 0.25) is 0 Å². The standard InChI is InChI=1S/C24H26N8O4S/c33-22-17(29-24(35)30-22)11-14-13-26-32-20(27-15-1-2-15)12-16(28-21(14)32)18-3-4-19(37-18)23(34)25-5-6-31-7-9-36-10-8-31/h3-4,11-13,15,33H,1-2,5-10H2,(H,25,34)(H2,29,30,35)/b14-11+,27-20?. The van der Waals surface area contributed by atoms with Gasteiger partial charge in [-0.1, -0.05) is 0 Å². The van der Waals surface area contributed by atoms with E-state index >= 15 is 0 Å². The minimum atomic E-state index is -0.507. The topological polar surface area (TPSA) is 153 Å². The first kappa shape index (κ1) is 23.6. The number of nitrogens with zero attached hydrogens (tertiary/aromatic N) is 5. The Balaban J connectivity index is 1.30. The van der Waals surface area contributed by atoms with E-state index in [1.54, 1.807) is 22.9 Å². The van der Waals surface area contributed by atoms with Gasteiger partial charge < -0.3 is 20.1 Å². The molecule has 2 aliphatic rings. The predicted octanol–water partition coefficient (Wildman–Crippen LogP) is -0.147. The van der Waals surface area contributed by atoms with Crippen molar-refractivity contribution in [2.24, 2.45) is 4.99 Å². The van der Waals surface area contributed by atoms with Crippen molar-refractivity contribution in [2.75, 3.05) is 39.4 Å².